The molecule has 0 saturated carbocycles. The average Bonchev–Trinajstić information content (AvgIpc) is 2.80. The summed E-state index contributed by atoms with van der Waals surface area (Å²) in [6.45, 7) is 7.14. The number of carbonyl (C=O) groups is 2. The maximum absolute atomic E-state index is 12.8. The molecule has 4 heteroatoms. The Morgan fingerprint density at radius 2 is 1.42 bits per heavy atom. The summed E-state index contributed by atoms with van der Waals surface area (Å²) in [4.78, 5) is 26.9. The van der Waals surface area contributed by atoms with Crippen LogP contribution in [-0.4, -0.2) is 36.5 Å². The van der Waals surface area contributed by atoms with Crippen LogP contribution in [0.25, 0.3) is 5.57 Å². The Bertz CT molecular complexity index is 785. The van der Waals surface area contributed by atoms with E-state index in [2.05, 4.69) is 54.6 Å². The van der Waals surface area contributed by atoms with Gasteiger partial charge in [-0.3, -0.25) is 9.59 Å². The predicted octanol–water partition coefficient (Wildman–Crippen LogP) is 5.73. The van der Waals surface area contributed by atoms with Crippen molar-refractivity contribution in [3.63, 3.8) is 0 Å². The lowest BCUT2D eigenvalue weighted by molar-refractivity contribution is -0.155. The van der Waals surface area contributed by atoms with Gasteiger partial charge in [-0.25, -0.2) is 0 Å². The van der Waals surface area contributed by atoms with Crippen molar-refractivity contribution in [1.82, 2.24) is 4.90 Å². The Labute approximate surface area is 186 Å². The van der Waals surface area contributed by atoms with Crippen molar-refractivity contribution in [3.05, 3.63) is 77.9 Å². The van der Waals surface area contributed by atoms with Crippen molar-refractivity contribution in [2.75, 3.05) is 19.7 Å². The molecule has 0 N–H and O–H groups in total. The van der Waals surface area contributed by atoms with Crippen LogP contribution in [0.5, 0.6) is 0 Å². The number of amides is 1. The summed E-state index contributed by atoms with van der Waals surface area (Å²) in [5.74, 6) is -1.22. The first-order valence-corrected chi connectivity index (χ1v) is 11.4. The lowest BCUT2D eigenvalue weighted by atomic mass is 9.95. The molecular weight excluding hydrogens is 386 g/mol. The van der Waals surface area contributed by atoms with Crippen LogP contribution < -0.4 is 0 Å². The van der Waals surface area contributed by atoms with E-state index < -0.39 is 11.9 Å². The summed E-state index contributed by atoms with van der Waals surface area (Å²) in [5, 5.41) is 0. The highest BCUT2D eigenvalue weighted by atomic mass is 16.5. The van der Waals surface area contributed by atoms with Gasteiger partial charge < -0.3 is 9.64 Å². The van der Waals surface area contributed by atoms with Gasteiger partial charge in [0, 0.05) is 13.1 Å². The van der Waals surface area contributed by atoms with E-state index in [9.17, 15) is 9.59 Å². The monoisotopic (exact) mass is 421 g/mol. The summed E-state index contributed by atoms with van der Waals surface area (Å²) >= 11 is 0. The standard InChI is InChI=1S/C27H35NO3/c1-4-28(5-2)26(29)25(27(30)31-6-3)21-15-9-14-20-24(22-16-10-7-11-17-22)23-18-12-8-13-19-23/h7-8,10-13,16-20,25H,4-6,9,14-15,21H2,1-3H3. The number of unbranched alkanes of at least 4 members (excludes halogenated alkanes) is 2. The van der Waals surface area contributed by atoms with Gasteiger partial charge in [0.15, 0.2) is 0 Å². The van der Waals surface area contributed by atoms with Gasteiger partial charge in [-0.15, -0.1) is 0 Å². The van der Waals surface area contributed by atoms with Crippen LogP contribution in [0.3, 0.4) is 0 Å². The molecule has 166 valence electrons. The molecule has 31 heavy (non-hydrogen) atoms. The predicted molar refractivity (Wildman–Crippen MR) is 126 cm³/mol. The minimum Gasteiger partial charge on any atom is -0.465 e. The van der Waals surface area contributed by atoms with Gasteiger partial charge in [0.2, 0.25) is 5.91 Å². The number of esters is 1. The lowest BCUT2D eigenvalue weighted by Gasteiger charge is -2.24. The minimum absolute atomic E-state index is 0.117. The topological polar surface area (TPSA) is 46.6 Å². The maximum atomic E-state index is 12.8. The van der Waals surface area contributed by atoms with Gasteiger partial charge in [0.25, 0.3) is 0 Å². The average molecular weight is 422 g/mol. The second-order valence-corrected chi connectivity index (χ2v) is 7.45. The van der Waals surface area contributed by atoms with Gasteiger partial charge in [-0.1, -0.05) is 73.2 Å². The molecule has 2 rings (SSSR count). The Balaban J connectivity index is 2.03. The number of allylic oxidation sites excluding steroid dienone is 1. The maximum Gasteiger partial charge on any atom is 0.318 e. The number of hydrogen-bond acceptors (Lipinski definition) is 3. The molecule has 0 fully saturated rings. The van der Waals surface area contributed by atoms with Crippen molar-refractivity contribution in [2.24, 2.45) is 5.92 Å². The van der Waals surface area contributed by atoms with Crippen molar-refractivity contribution in [3.8, 4) is 0 Å². The largest absolute Gasteiger partial charge is 0.465 e. The van der Waals surface area contributed by atoms with E-state index in [-0.39, 0.29) is 5.91 Å². The zero-order valence-corrected chi connectivity index (χ0v) is 19.0. The molecule has 0 aliphatic rings. The molecule has 1 amide bonds. The van der Waals surface area contributed by atoms with Gasteiger partial charge in [0.05, 0.1) is 6.61 Å². The fraction of sp³-hybridized carbons (Fsp3) is 0.407. The van der Waals surface area contributed by atoms with Crippen LogP contribution in [0.1, 0.15) is 57.6 Å². The molecule has 0 bridgehead atoms. The van der Waals surface area contributed by atoms with Gasteiger partial charge >= 0.3 is 5.97 Å². The van der Waals surface area contributed by atoms with Crippen LogP contribution in [-0.2, 0) is 14.3 Å². The van der Waals surface area contributed by atoms with E-state index in [1.165, 1.54) is 16.7 Å². The highest BCUT2D eigenvalue weighted by Crippen LogP contribution is 2.25. The van der Waals surface area contributed by atoms with E-state index in [4.69, 9.17) is 4.74 Å². The van der Waals surface area contributed by atoms with E-state index in [1.807, 2.05) is 26.0 Å². The molecular formula is C27H35NO3. The number of carbonyl (C=O) groups excluding carboxylic acids is 2. The molecule has 0 aliphatic carbocycles. The molecule has 0 saturated heterocycles. The molecule has 0 radical (unpaired) electrons. The summed E-state index contributed by atoms with van der Waals surface area (Å²) in [5.41, 5.74) is 3.59. The molecule has 2 aromatic rings. The van der Waals surface area contributed by atoms with Crippen molar-refractivity contribution >= 4 is 17.4 Å². The molecule has 1 atom stereocenters. The fourth-order valence-corrected chi connectivity index (χ4v) is 3.72. The van der Waals surface area contributed by atoms with Gasteiger partial charge in [-0.05, 0) is 56.7 Å². The Morgan fingerprint density at radius 3 is 1.90 bits per heavy atom. The minimum atomic E-state index is -0.702. The molecule has 4 nitrogen and oxygen atoms in total. The summed E-state index contributed by atoms with van der Waals surface area (Å²) < 4.78 is 5.18. The molecule has 2 aromatic carbocycles. The molecule has 0 heterocycles. The fourth-order valence-electron chi connectivity index (χ4n) is 3.72. The second kappa shape index (κ2) is 13.4. The first-order valence-electron chi connectivity index (χ1n) is 11.4. The van der Waals surface area contributed by atoms with Crippen molar-refractivity contribution in [2.45, 2.75) is 46.5 Å². The van der Waals surface area contributed by atoms with Crippen LogP contribution in [0.4, 0.5) is 0 Å². The highest BCUT2D eigenvalue weighted by Gasteiger charge is 2.30. The lowest BCUT2D eigenvalue weighted by Crippen LogP contribution is -2.40. The van der Waals surface area contributed by atoms with E-state index in [0.717, 1.165) is 19.3 Å². The van der Waals surface area contributed by atoms with Crippen LogP contribution in [0.2, 0.25) is 0 Å². The number of nitrogens with zero attached hydrogens (tertiary/aromatic N) is 1. The van der Waals surface area contributed by atoms with Crippen LogP contribution >= 0.6 is 0 Å². The summed E-state index contributed by atoms with van der Waals surface area (Å²) in [6, 6.07) is 20.7. The van der Waals surface area contributed by atoms with E-state index in [0.29, 0.717) is 26.1 Å². The number of ether oxygens (including phenoxy) is 1. The molecule has 0 spiro atoms. The van der Waals surface area contributed by atoms with Crippen LogP contribution in [0.15, 0.2) is 66.7 Å². The number of rotatable bonds is 12. The smallest absolute Gasteiger partial charge is 0.318 e. The second-order valence-electron chi connectivity index (χ2n) is 7.45. The highest BCUT2D eigenvalue weighted by molar-refractivity contribution is 5.97. The van der Waals surface area contributed by atoms with Gasteiger partial charge in [0.1, 0.15) is 5.92 Å². The van der Waals surface area contributed by atoms with Crippen LogP contribution in [0, 0.1) is 5.92 Å². The third kappa shape index (κ3) is 7.39. The number of hydrogen-bond donors (Lipinski definition) is 0. The first kappa shape index (κ1) is 24.4. The molecule has 0 aliphatic heterocycles. The third-order valence-corrected chi connectivity index (χ3v) is 5.41. The van der Waals surface area contributed by atoms with E-state index in [1.54, 1.807) is 11.8 Å². The molecule has 1 unspecified atom stereocenters. The third-order valence-electron chi connectivity index (χ3n) is 5.41. The summed E-state index contributed by atoms with van der Waals surface area (Å²) in [7, 11) is 0. The van der Waals surface area contributed by atoms with Crippen molar-refractivity contribution in [1.29, 1.82) is 0 Å². The Hall–Kier alpha value is -2.88. The quantitative estimate of drug-likeness (QED) is 0.250. The zero-order chi connectivity index (χ0) is 22.5. The normalized spacial score (nSPS) is 11.5. The van der Waals surface area contributed by atoms with E-state index >= 15 is 0 Å². The Morgan fingerprint density at radius 1 is 0.871 bits per heavy atom. The summed E-state index contributed by atoms with van der Waals surface area (Å²) in [6.07, 6.45) is 5.37. The molecule has 0 aromatic heterocycles. The van der Waals surface area contributed by atoms with Crippen molar-refractivity contribution < 1.29 is 14.3 Å². The SMILES string of the molecule is CCOC(=O)C(CCCCC=C(c1ccccc1)c1ccccc1)C(=O)N(CC)CC. The van der Waals surface area contributed by atoms with Gasteiger partial charge in [-0.2, -0.15) is 0 Å². The zero-order valence-electron chi connectivity index (χ0n) is 19.0. The number of benzene rings is 2. The Kier molecular flexibility index (Phi) is 10.6. The first-order chi connectivity index (χ1) is 15.1.